The lowest BCUT2D eigenvalue weighted by atomic mass is 9.87. The average Bonchev–Trinajstić information content (AvgIpc) is 2.05. The van der Waals surface area contributed by atoms with E-state index in [-0.39, 0.29) is 24.9 Å². The molecule has 0 saturated heterocycles. The highest BCUT2D eigenvalue weighted by Crippen LogP contribution is 2.28. The van der Waals surface area contributed by atoms with E-state index in [0.29, 0.717) is 0 Å². The highest BCUT2D eigenvalue weighted by atomic mass is 35.5. The molecule has 1 saturated carbocycles. The van der Waals surface area contributed by atoms with Gasteiger partial charge in [-0.15, -0.1) is 12.4 Å². The molecule has 1 rings (SSSR count). The minimum atomic E-state index is -3.94. The topological polar surface area (TPSA) is 80.4 Å². The molecule has 14 heavy (non-hydrogen) atoms. The fourth-order valence-corrected chi connectivity index (χ4v) is 3.06. The van der Waals surface area contributed by atoms with Crippen molar-refractivity contribution in [2.24, 2.45) is 11.7 Å². The molecule has 1 atom stereocenters. The van der Waals surface area contributed by atoms with E-state index in [4.69, 9.17) is 10.3 Å². The number of hydrogen-bond donors (Lipinski definition) is 2. The summed E-state index contributed by atoms with van der Waals surface area (Å²) in [7, 11) is -3.94. The van der Waals surface area contributed by atoms with Gasteiger partial charge in [0.2, 0.25) is 0 Å². The van der Waals surface area contributed by atoms with Crippen molar-refractivity contribution < 1.29 is 13.0 Å². The van der Waals surface area contributed by atoms with Crippen LogP contribution in [0.2, 0.25) is 0 Å². The lowest BCUT2D eigenvalue weighted by Crippen LogP contribution is -2.37. The van der Waals surface area contributed by atoms with Crippen LogP contribution in [0.3, 0.4) is 0 Å². The Morgan fingerprint density at radius 2 is 1.79 bits per heavy atom. The molecule has 0 radical (unpaired) electrons. The molecule has 4 nitrogen and oxygen atoms in total. The third-order valence-electron chi connectivity index (χ3n) is 2.79. The fraction of sp³-hybridized carbons (Fsp3) is 1.00. The van der Waals surface area contributed by atoms with Gasteiger partial charge in [0.05, 0.1) is 0 Å². The van der Waals surface area contributed by atoms with Gasteiger partial charge in [-0.2, -0.15) is 8.42 Å². The molecule has 0 aromatic heterocycles. The van der Waals surface area contributed by atoms with Crippen molar-refractivity contribution in [2.75, 3.05) is 6.54 Å². The Hall–Kier alpha value is 0.160. The average molecular weight is 244 g/mol. The maximum absolute atomic E-state index is 10.9. The lowest BCUT2D eigenvalue weighted by molar-refractivity contribution is 0.329. The zero-order valence-electron chi connectivity index (χ0n) is 8.05. The van der Waals surface area contributed by atoms with Gasteiger partial charge in [0.25, 0.3) is 10.1 Å². The summed E-state index contributed by atoms with van der Waals surface area (Å²) in [6, 6.07) is 0. The van der Waals surface area contributed by atoms with Crippen molar-refractivity contribution in [2.45, 2.75) is 37.4 Å². The third kappa shape index (κ3) is 3.73. The Morgan fingerprint density at radius 1 is 1.29 bits per heavy atom. The Bertz CT molecular complexity index is 249. The van der Waals surface area contributed by atoms with Crippen LogP contribution in [0.4, 0.5) is 0 Å². The first-order valence-corrected chi connectivity index (χ1v) is 6.22. The van der Waals surface area contributed by atoms with Crippen molar-refractivity contribution in [3.63, 3.8) is 0 Å². The molecule has 0 amide bonds. The van der Waals surface area contributed by atoms with Crippen LogP contribution < -0.4 is 5.73 Å². The van der Waals surface area contributed by atoms with E-state index in [1.807, 2.05) is 0 Å². The largest absolute Gasteiger partial charge is 0.329 e. The molecular formula is C8H18ClNO3S. The van der Waals surface area contributed by atoms with E-state index < -0.39 is 15.4 Å². The smallest absolute Gasteiger partial charge is 0.269 e. The molecule has 0 aromatic carbocycles. The van der Waals surface area contributed by atoms with Crippen LogP contribution in [0.15, 0.2) is 0 Å². The van der Waals surface area contributed by atoms with Gasteiger partial charge < -0.3 is 5.73 Å². The number of hydrogen-bond acceptors (Lipinski definition) is 3. The molecule has 0 aromatic rings. The van der Waals surface area contributed by atoms with E-state index in [1.54, 1.807) is 0 Å². The molecule has 6 heteroatoms. The first-order chi connectivity index (χ1) is 6.05. The molecule has 0 heterocycles. The second-order valence-electron chi connectivity index (χ2n) is 3.69. The molecule has 0 bridgehead atoms. The zero-order valence-corrected chi connectivity index (χ0v) is 9.69. The zero-order chi connectivity index (χ0) is 9.90. The van der Waals surface area contributed by atoms with Gasteiger partial charge in [0.15, 0.2) is 0 Å². The summed E-state index contributed by atoms with van der Waals surface area (Å²) in [5, 5.41) is -0.743. The highest BCUT2D eigenvalue weighted by molar-refractivity contribution is 7.86. The van der Waals surface area contributed by atoms with Gasteiger partial charge in [0, 0.05) is 6.54 Å². The van der Waals surface area contributed by atoms with Gasteiger partial charge in [0.1, 0.15) is 5.25 Å². The summed E-state index contributed by atoms with van der Waals surface area (Å²) < 4.78 is 30.8. The Morgan fingerprint density at radius 3 is 2.14 bits per heavy atom. The van der Waals surface area contributed by atoms with E-state index in [0.717, 1.165) is 25.7 Å². The van der Waals surface area contributed by atoms with Gasteiger partial charge >= 0.3 is 0 Å². The first-order valence-electron chi connectivity index (χ1n) is 4.72. The summed E-state index contributed by atoms with van der Waals surface area (Å²) in [4.78, 5) is 0. The van der Waals surface area contributed by atoms with Crippen molar-refractivity contribution in [1.82, 2.24) is 0 Å². The van der Waals surface area contributed by atoms with E-state index in [9.17, 15) is 8.42 Å². The van der Waals surface area contributed by atoms with Crippen LogP contribution in [0.5, 0.6) is 0 Å². The van der Waals surface area contributed by atoms with Gasteiger partial charge in [-0.05, 0) is 18.8 Å². The molecule has 1 fully saturated rings. The molecular weight excluding hydrogens is 226 g/mol. The molecule has 1 aliphatic rings. The summed E-state index contributed by atoms with van der Waals surface area (Å²) in [5.74, 6) is 0.0637. The van der Waals surface area contributed by atoms with Crippen LogP contribution in [-0.4, -0.2) is 24.8 Å². The molecule has 1 unspecified atom stereocenters. The van der Waals surface area contributed by atoms with Gasteiger partial charge in [-0.3, -0.25) is 4.55 Å². The summed E-state index contributed by atoms with van der Waals surface area (Å²) in [6.07, 6.45) is 5.02. The van der Waals surface area contributed by atoms with E-state index in [1.165, 1.54) is 6.42 Å². The minimum Gasteiger partial charge on any atom is -0.329 e. The third-order valence-corrected chi connectivity index (χ3v) is 4.13. The quantitative estimate of drug-likeness (QED) is 0.730. The van der Waals surface area contributed by atoms with Crippen LogP contribution in [-0.2, 0) is 10.1 Å². The van der Waals surface area contributed by atoms with Crippen molar-refractivity contribution >= 4 is 22.5 Å². The normalized spacial score (nSPS) is 21.3. The van der Waals surface area contributed by atoms with Crippen LogP contribution >= 0.6 is 12.4 Å². The van der Waals surface area contributed by atoms with Crippen LogP contribution in [0.25, 0.3) is 0 Å². The molecule has 86 valence electrons. The predicted molar refractivity (Wildman–Crippen MR) is 58.2 cm³/mol. The van der Waals surface area contributed by atoms with Crippen LogP contribution in [0, 0.1) is 5.92 Å². The SMILES string of the molecule is Cl.NCC(C1CCCCC1)S(=O)(=O)O. The second-order valence-corrected chi connectivity index (χ2v) is 5.32. The Kier molecular flexibility index (Phi) is 5.97. The fourth-order valence-electron chi connectivity index (χ4n) is 2.06. The lowest BCUT2D eigenvalue weighted by Gasteiger charge is -2.26. The van der Waals surface area contributed by atoms with Crippen molar-refractivity contribution in [3.8, 4) is 0 Å². The van der Waals surface area contributed by atoms with E-state index >= 15 is 0 Å². The molecule has 3 N–H and O–H groups in total. The molecule has 0 aliphatic heterocycles. The monoisotopic (exact) mass is 243 g/mol. The van der Waals surface area contributed by atoms with Crippen LogP contribution in [0.1, 0.15) is 32.1 Å². The van der Waals surface area contributed by atoms with E-state index in [2.05, 4.69) is 0 Å². The van der Waals surface area contributed by atoms with Gasteiger partial charge in [-0.25, -0.2) is 0 Å². The number of rotatable bonds is 3. The maximum Gasteiger partial charge on any atom is 0.269 e. The van der Waals surface area contributed by atoms with Gasteiger partial charge in [-0.1, -0.05) is 19.3 Å². The summed E-state index contributed by atoms with van der Waals surface area (Å²) >= 11 is 0. The molecule has 0 spiro atoms. The molecule has 1 aliphatic carbocycles. The summed E-state index contributed by atoms with van der Waals surface area (Å²) in [5.41, 5.74) is 5.35. The number of nitrogens with two attached hydrogens (primary N) is 1. The second kappa shape index (κ2) is 5.90. The standard InChI is InChI=1S/C8H17NO3S.ClH/c9-6-8(13(10,11)12)7-4-2-1-3-5-7;/h7-8H,1-6,9H2,(H,10,11,12);1H. The predicted octanol–water partition coefficient (Wildman–Crippen LogP) is 1.20. The summed E-state index contributed by atoms with van der Waals surface area (Å²) in [6.45, 7) is 0.0312. The first kappa shape index (κ1) is 14.2. The van der Waals surface area contributed by atoms with Crippen molar-refractivity contribution in [1.29, 1.82) is 0 Å². The van der Waals surface area contributed by atoms with Crippen molar-refractivity contribution in [3.05, 3.63) is 0 Å². The minimum absolute atomic E-state index is 0. The Balaban J connectivity index is 0.00000169. The Labute approximate surface area is 91.4 Å². The maximum atomic E-state index is 10.9. The number of halogens is 1. The highest BCUT2D eigenvalue weighted by Gasteiger charge is 2.31.